The Morgan fingerprint density at radius 1 is 0.903 bits per heavy atom. The van der Waals surface area contributed by atoms with E-state index in [0.717, 1.165) is 16.8 Å². The molecule has 3 heterocycles. The van der Waals surface area contributed by atoms with E-state index in [1.807, 2.05) is 48.7 Å². The van der Waals surface area contributed by atoms with Crippen LogP contribution in [0.2, 0.25) is 0 Å². The number of amides is 2. The van der Waals surface area contributed by atoms with E-state index in [1.54, 1.807) is 41.4 Å². The predicted molar refractivity (Wildman–Crippen MR) is 116 cm³/mol. The molecule has 4 rings (SSSR count). The summed E-state index contributed by atoms with van der Waals surface area (Å²) in [4.78, 5) is 32.3. The Hall–Kier alpha value is -4.59. The van der Waals surface area contributed by atoms with Crippen molar-refractivity contribution in [2.45, 2.75) is 0 Å². The summed E-state index contributed by atoms with van der Waals surface area (Å²) in [5, 5.41) is 4.66. The smallest absolute Gasteiger partial charge is 0.268 e. The maximum Gasteiger partial charge on any atom is 0.288 e. The van der Waals surface area contributed by atoms with E-state index in [0.29, 0.717) is 5.69 Å². The molecule has 0 atom stereocenters. The van der Waals surface area contributed by atoms with Gasteiger partial charge in [-0.05, 0) is 42.5 Å². The maximum absolute atomic E-state index is 12.2. The Labute approximate surface area is 178 Å². The number of carbonyl (C=O) groups is 2. The lowest BCUT2D eigenvalue weighted by Gasteiger charge is -2.04. The average molecular weight is 410 g/mol. The Kier molecular flexibility index (Phi) is 5.90. The van der Waals surface area contributed by atoms with Crippen LogP contribution in [0.4, 0.5) is 0 Å². The molecule has 0 saturated heterocycles. The van der Waals surface area contributed by atoms with E-state index in [1.165, 1.54) is 12.3 Å². The van der Waals surface area contributed by atoms with Crippen molar-refractivity contribution < 1.29 is 9.59 Å². The molecule has 0 aliphatic carbocycles. The summed E-state index contributed by atoms with van der Waals surface area (Å²) in [7, 11) is 0. The topological polar surface area (TPSA) is 102 Å². The molecule has 2 N–H and O–H groups in total. The molecule has 0 fully saturated rings. The lowest BCUT2D eigenvalue weighted by Crippen LogP contribution is -2.41. The normalized spacial score (nSPS) is 10.7. The van der Waals surface area contributed by atoms with Crippen LogP contribution in [-0.4, -0.2) is 31.6 Å². The van der Waals surface area contributed by atoms with Gasteiger partial charge in [-0.2, -0.15) is 5.10 Å². The molecule has 0 saturated carbocycles. The maximum atomic E-state index is 12.2. The molecule has 4 aromatic rings. The number of hydrogen-bond donors (Lipinski definition) is 2. The van der Waals surface area contributed by atoms with E-state index in [4.69, 9.17) is 0 Å². The fourth-order valence-corrected chi connectivity index (χ4v) is 2.84. The molecule has 0 unspecified atom stereocenters. The highest BCUT2D eigenvalue weighted by molar-refractivity contribution is 5.97. The van der Waals surface area contributed by atoms with Gasteiger partial charge in [0, 0.05) is 42.0 Å². The highest BCUT2D eigenvalue weighted by Gasteiger charge is 2.11. The second kappa shape index (κ2) is 9.27. The first-order valence-corrected chi connectivity index (χ1v) is 9.45. The van der Waals surface area contributed by atoms with Crippen molar-refractivity contribution >= 4 is 17.9 Å². The van der Waals surface area contributed by atoms with Crippen LogP contribution in [0.1, 0.15) is 16.1 Å². The van der Waals surface area contributed by atoms with Gasteiger partial charge in [-0.3, -0.25) is 30.4 Å². The van der Waals surface area contributed by atoms with Crippen molar-refractivity contribution in [1.29, 1.82) is 0 Å². The van der Waals surface area contributed by atoms with Crippen molar-refractivity contribution in [2.75, 3.05) is 0 Å². The van der Waals surface area contributed by atoms with Gasteiger partial charge in [0.1, 0.15) is 11.4 Å². The zero-order chi connectivity index (χ0) is 21.5. The van der Waals surface area contributed by atoms with Crippen molar-refractivity contribution in [3.05, 3.63) is 103 Å². The standard InChI is InChI=1S/C23H18N6O2/c30-21(26-27-23(31)20-10-4-5-14-25-20)12-11-18-16-29(19-8-2-1-3-9-19)28-22(18)17-7-6-13-24-15-17/h1-16H,(H,26,30)(H,27,31)/b12-11+. The molecule has 0 aliphatic rings. The second-order valence-corrected chi connectivity index (χ2v) is 6.45. The predicted octanol–water partition coefficient (Wildman–Crippen LogP) is 2.80. The van der Waals surface area contributed by atoms with Gasteiger partial charge in [-0.15, -0.1) is 0 Å². The molecule has 8 heteroatoms. The number of rotatable bonds is 5. The van der Waals surface area contributed by atoms with Crippen LogP contribution < -0.4 is 10.9 Å². The van der Waals surface area contributed by atoms with Crippen LogP contribution in [-0.2, 0) is 4.79 Å². The first kappa shape index (κ1) is 19.7. The fraction of sp³-hybridized carbons (Fsp3) is 0. The average Bonchev–Trinajstić information content (AvgIpc) is 3.27. The zero-order valence-corrected chi connectivity index (χ0v) is 16.3. The summed E-state index contributed by atoms with van der Waals surface area (Å²) < 4.78 is 1.74. The van der Waals surface area contributed by atoms with Gasteiger partial charge in [-0.25, -0.2) is 4.68 Å². The van der Waals surface area contributed by atoms with Crippen LogP contribution in [0.25, 0.3) is 23.0 Å². The van der Waals surface area contributed by atoms with E-state index >= 15 is 0 Å². The van der Waals surface area contributed by atoms with Crippen molar-refractivity contribution in [3.63, 3.8) is 0 Å². The summed E-state index contributed by atoms with van der Waals surface area (Å²) in [6, 6.07) is 18.3. The molecular weight excluding hydrogens is 392 g/mol. The van der Waals surface area contributed by atoms with Crippen LogP contribution in [0, 0.1) is 0 Å². The van der Waals surface area contributed by atoms with Gasteiger partial charge in [-0.1, -0.05) is 24.3 Å². The number of para-hydroxylation sites is 1. The SMILES string of the molecule is O=C(/C=C/c1cn(-c2ccccc2)nc1-c1cccnc1)NNC(=O)c1ccccn1. The largest absolute Gasteiger partial charge is 0.288 e. The molecule has 3 aromatic heterocycles. The van der Waals surface area contributed by atoms with Gasteiger partial charge in [0.15, 0.2) is 0 Å². The highest BCUT2D eigenvalue weighted by atomic mass is 16.2. The van der Waals surface area contributed by atoms with E-state index < -0.39 is 11.8 Å². The molecule has 31 heavy (non-hydrogen) atoms. The molecule has 1 aromatic carbocycles. The Balaban J connectivity index is 1.52. The number of aromatic nitrogens is 4. The van der Waals surface area contributed by atoms with Gasteiger partial charge >= 0.3 is 0 Å². The summed E-state index contributed by atoms with van der Waals surface area (Å²) >= 11 is 0. The zero-order valence-electron chi connectivity index (χ0n) is 16.3. The van der Waals surface area contributed by atoms with E-state index in [2.05, 4.69) is 25.9 Å². The van der Waals surface area contributed by atoms with Crippen LogP contribution >= 0.6 is 0 Å². The van der Waals surface area contributed by atoms with Gasteiger partial charge in [0.05, 0.1) is 5.69 Å². The van der Waals surface area contributed by atoms with Crippen molar-refractivity contribution in [2.24, 2.45) is 0 Å². The minimum atomic E-state index is -0.504. The minimum absolute atomic E-state index is 0.204. The lowest BCUT2D eigenvalue weighted by molar-refractivity contribution is -0.117. The lowest BCUT2D eigenvalue weighted by atomic mass is 10.1. The molecule has 0 spiro atoms. The summed E-state index contributed by atoms with van der Waals surface area (Å²) in [6.07, 6.45) is 9.68. The molecule has 0 radical (unpaired) electrons. The number of carbonyl (C=O) groups excluding carboxylic acids is 2. The fourth-order valence-electron chi connectivity index (χ4n) is 2.84. The number of hydrogen-bond acceptors (Lipinski definition) is 5. The molecule has 2 amide bonds. The van der Waals surface area contributed by atoms with Gasteiger partial charge < -0.3 is 0 Å². The van der Waals surface area contributed by atoms with Crippen LogP contribution in [0.15, 0.2) is 91.5 Å². The summed E-state index contributed by atoms with van der Waals surface area (Å²) in [5.41, 5.74) is 7.99. The Morgan fingerprint density at radius 2 is 1.74 bits per heavy atom. The quantitative estimate of drug-likeness (QED) is 0.389. The molecule has 152 valence electrons. The van der Waals surface area contributed by atoms with E-state index in [9.17, 15) is 9.59 Å². The Bertz CT molecular complexity index is 1200. The first-order valence-electron chi connectivity index (χ1n) is 9.45. The first-order chi connectivity index (χ1) is 15.2. The van der Waals surface area contributed by atoms with Crippen LogP contribution in [0.3, 0.4) is 0 Å². The van der Waals surface area contributed by atoms with Gasteiger partial charge in [0.2, 0.25) is 0 Å². The third-order valence-electron chi connectivity index (χ3n) is 4.31. The third-order valence-corrected chi connectivity index (χ3v) is 4.31. The minimum Gasteiger partial charge on any atom is -0.268 e. The molecular formula is C23H18N6O2. The molecule has 8 nitrogen and oxygen atoms in total. The number of nitrogens with one attached hydrogen (secondary N) is 2. The van der Waals surface area contributed by atoms with Crippen molar-refractivity contribution in [3.8, 4) is 16.9 Å². The number of pyridine rings is 2. The highest BCUT2D eigenvalue weighted by Crippen LogP contribution is 2.24. The number of hydrazine groups is 1. The van der Waals surface area contributed by atoms with Crippen molar-refractivity contribution in [1.82, 2.24) is 30.6 Å². The third kappa shape index (κ3) is 4.88. The molecule has 0 aliphatic heterocycles. The summed E-state index contributed by atoms with van der Waals surface area (Å²) in [6.45, 7) is 0. The summed E-state index contributed by atoms with van der Waals surface area (Å²) in [5.74, 6) is -0.996. The van der Waals surface area contributed by atoms with Crippen LogP contribution in [0.5, 0.6) is 0 Å². The second-order valence-electron chi connectivity index (χ2n) is 6.45. The van der Waals surface area contributed by atoms with Gasteiger partial charge in [0.25, 0.3) is 11.8 Å². The monoisotopic (exact) mass is 410 g/mol. The number of nitrogens with zero attached hydrogens (tertiary/aromatic N) is 4. The Morgan fingerprint density at radius 3 is 2.48 bits per heavy atom. The molecule has 0 bridgehead atoms. The number of benzene rings is 1. The van der Waals surface area contributed by atoms with E-state index in [-0.39, 0.29) is 5.69 Å².